The average Bonchev–Trinajstić information content (AvgIpc) is 3.42. The third kappa shape index (κ3) is 4.42. The number of nitrogens with zero attached hydrogens (tertiary/aromatic N) is 5. The molecule has 0 atom stereocenters. The first-order chi connectivity index (χ1) is 18.8. The van der Waals surface area contributed by atoms with Gasteiger partial charge in [-0.1, -0.05) is 0 Å². The standard InChI is InChI=1S/C29H31F2N7O/c1-17(2)38-18(3)12-21-22(30)13-19(14-24(21)38)26-23(31)16-34-28(36-26)35-25-5-4-20(15-33-25)37-11-8-29(27(37)39)6-9-32-10-7-29/h4-5,12-17,32H,6-11H2,1-3H3,(H,33,34,35,36). The number of hydrogen-bond donors (Lipinski definition) is 2. The van der Waals surface area contributed by atoms with Crippen molar-refractivity contribution < 1.29 is 13.6 Å². The summed E-state index contributed by atoms with van der Waals surface area (Å²) in [6.45, 7) is 8.38. The fourth-order valence-electron chi connectivity index (χ4n) is 6.04. The van der Waals surface area contributed by atoms with E-state index in [-0.39, 0.29) is 29.0 Å². The molecule has 8 nitrogen and oxygen atoms in total. The lowest BCUT2D eigenvalue weighted by atomic mass is 9.78. The Labute approximate surface area is 225 Å². The van der Waals surface area contributed by atoms with E-state index in [1.165, 1.54) is 6.07 Å². The second-order valence-corrected chi connectivity index (χ2v) is 10.8. The van der Waals surface area contributed by atoms with Gasteiger partial charge in [0.05, 0.1) is 29.0 Å². The number of fused-ring (bicyclic) bond motifs is 1. The minimum absolute atomic E-state index is 0.00554. The number of nitrogens with one attached hydrogen (secondary N) is 2. The van der Waals surface area contributed by atoms with Gasteiger partial charge in [-0.3, -0.25) is 4.79 Å². The Hall–Kier alpha value is -3.92. The van der Waals surface area contributed by atoms with E-state index in [9.17, 15) is 9.18 Å². The fraction of sp³-hybridized carbons (Fsp3) is 0.379. The van der Waals surface area contributed by atoms with E-state index in [1.807, 2.05) is 36.3 Å². The highest BCUT2D eigenvalue weighted by Crippen LogP contribution is 2.41. The maximum Gasteiger partial charge on any atom is 0.233 e. The Morgan fingerprint density at radius 1 is 1.03 bits per heavy atom. The van der Waals surface area contributed by atoms with Crippen LogP contribution in [0.5, 0.6) is 0 Å². The largest absolute Gasteiger partial charge is 0.342 e. The monoisotopic (exact) mass is 531 g/mol. The first kappa shape index (κ1) is 25.4. The van der Waals surface area contributed by atoms with Crippen molar-refractivity contribution in [3.05, 3.63) is 60.1 Å². The first-order valence-electron chi connectivity index (χ1n) is 13.4. The molecule has 2 saturated heterocycles. The van der Waals surface area contributed by atoms with Gasteiger partial charge >= 0.3 is 0 Å². The number of pyridine rings is 1. The zero-order valence-electron chi connectivity index (χ0n) is 22.3. The van der Waals surface area contributed by atoms with Crippen molar-refractivity contribution in [3.63, 3.8) is 0 Å². The Kier molecular flexibility index (Phi) is 6.29. The smallest absolute Gasteiger partial charge is 0.233 e. The molecular weight excluding hydrogens is 500 g/mol. The highest BCUT2D eigenvalue weighted by atomic mass is 19.1. The summed E-state index contributed by atoms with van der Waals surface area (Å²) in [6.07, 6.45) is 5.29. The zero-order chi connectivity index (χ0) is 27.3. The summed E-state index contributed by atoms with van der Waals surface area (Å²) < 4.78 is 31.9. The third-order valence-electron chi connectivity index (χ3n) is 8.01. The molecule has 6 rings (SSSR count). The van der Waals surface area contributed by atoms with Crippen LogP contribution in [0.25, 0.3) is 22.2 Å². The van der Waals surface area contributed by atoms with Gasteiger partial charge in [-0.25, -0.2) is 23.7 Å². The summed E-state index contributed by atoms with van der Waals surface area (Å²) in [5.74, 6) is -0.334. The number of hydrogen-bond acceptors (Lipinski definition) is 6. The van der Waals surface area contributed by atoms with Gasteiger partial charge in [0.15, 0.2) is 5.82 Å². The van der Waals surface area contributed by atoms with E-state index in [0.29, 0.717) is 28.8 Å². The van der Waals surface area contributed by atoms with Crippen LogP contribution in [-0.4, -0.2) is 45.1 Å². The van der Waals surface area contributed by atoms with Gasteiger partial charge in [-0.05, 0) is 83.5 Å². The maximum absolute atomic E-state index is 15.0. The SMILES string of the molecule is Cc1cc2c(F)cc(-c3nc(Nc4ccc(N5CCC6(CCNCC6)C5=O)cn4)ncc3F)cc2n1C(C)C. The predicted molar refractivity (Wildman–Crippen MR) is 147 cm³/mol. The number of amides is 1. The van der Waals surface area contributed by atoms with Crippen LogP contribution in [0.15, 0.2) is 42.7 Å². The number of benzene rings is 1. The van der Waals surface area contributed by atoms with E-state index in [1.54, 1.807) is 24.4 Å². The number of carbonyl (C=O) groups is 1. The quantitative estimate of drug-likeness (QED) is 0.353. The van der Waals surface area contributed by atoms with Crippen LogP contribution in [0.4, 0.5) is 26.2 Å². The number of anilines is 3. The highest BCUT2D eigenvalue weighted by molar-refractivity contribution is 6.00. The predicted octanol–water partition coefficient (Wildman–Crippen LogP) is 5.51. The van der Waals surface area contributed by atoms with E-state index in [4.69, 9.17) is 0 Å². The Balaban J connectivity index is 1.25. The van der Waals surface area contributed by atoms with Gasteiger partial charge in [0.1, 0.15) is 17.3 Å². The zero-order valence-corrected chi connectivity index (χ0v) is 22.3. The summed E-state index contributed by atoms with van der Waals surface area (Å²) in [5.41, 5.74) is 2.41. The summed E-state index contributed by atoms with van der Waals surface area (Å²) in [5, 5.41) is 6.82. The second-order valence-electron chi connectivity index (χ2n) is 10.8. The molecule has 4 aromatic rings. The van der Waals surface area contributed by atoms with Gasteiger partial charge in [0.25, 0.3) is 0 Å². The molecule has 3 aromatic heterocycles. The average molecular weight is 532 g/mol. The Morgan fingerprint density at radius 3 is 2.54 bits per heavy atom. The number of rotatable bonds is 5. The van der Waals surface area contributed by atoms with Crippen molar-refractivity contribution in [2.24, 2.45) is 5.41 Å². The third-order valence-corrected chi connectivity index (χ3v) is 8.01. The number of halogens is 2. The van der Waals surface area contributed by atoms with Gasteiger partial charge < -0.3 is 20.1 Å². The molecule has 2 N–H and O–H groups in total. The van der Waals surface area contributed by atoms with Crippen LogP contribution >= 0.6 is 0 Å². The molecule has 0 saturated carbocycles. The molecule has 202 valence electrons. The van der Waals surface area contributed by atoms with Crippen molar-refractivity contribution in [1.82, 2.24) is 24.8 Å². The van der Waals surface area contributed by atoms with Gasteiger partial charge in [-0.2, -0.15) is 0 Å². The molecule has 2 fully saturated rings. The molecule has 2 aliphatic rings. The Morgan fingerprint density at radius 2 is 1.82 bits per heavy atom. The maximum atomic E-state index is 15.0. The van der Waals surface area contributed by atoms with Crippen LogP contribution in [0.3, 0.4) is 0 Å². The molecule has 10 heteroatoms. The molecule has 1 spiro atoms. The summed E-state index contributed by atoms with van der Waals surface area (Å²) in [4.78, 5) is 27.9. The van der Waals surface area contributed by atoms with Crippen molar-refractivity contribution in [1.29, 1.82) is 0 Å². The van der Waals surface area contributed by atoms with Crippen molar-refractivity contribution >= 4 is 34.3 Å². The molecule has 5 heterocycles. The van der Waals surface area contributed by atoms with Crippen LogP contribution < -0.4 is 15.5 Å². The van der Waals surface area contributed by atoms with E-state index >= 15 is 4.39 Å². The summed E-state index contributed by atoms with van der Waals surface area (Å²) in [7, 11) is 0. The highest BCUT2D eigenvalue weighted by Gasteiger charge is 2.47. The lowest BCUT2D eigenvalue weighted by Gasteiger charge is -2.32. The molecule has 0 radical (unpaired) electrons. The molecule has 1 aromatic carbocycles. The molecule has 2 aliphatic heterocycles. The Bertz CT molecular complexity index is 1560. The van der Waals surface area contributed by atoms with E-state index in [0.717, 1.165) is 49.9 Å². The number of aromatic nitrogens is 4. The first-order valence-corrected chi connectivity index (χ1v) is 13.4. The number of carbonyl (C=O) groups excluding carboxylic acids is 1. The van der Waals surface area contributed by atoms with E-state index < -0.39 is 11.6 Å². The van der Waals surface area contributed by atoms with Crippen LogP contribution in [-0.2, 0) is 4.79 Å². The molecule has 1 amide bonds. The van der Waals surface area contributed by atoms with Gasteiger partial charge in [0.2, 0.25) is 11.9 Å². The molecule has 0 aliphatic carbocycles. The van der Waals surface area contributed by atoms with Crippen molar-refractivity contribution in [2.45, 2.75) is 46.1 Å². The molecular formula is C29H31F2N7O. The molecule has 39 heavy (non-hydrogen) atoms. The van der Waals surface area contributed by atoms with Crippen LogP contribution in [0.2, 0.25) is 0 Å². The van der Waals surface area contributed by atoms with Crippen LogP contribution in [0.1, 0.15) is 44.8 Å². The lowest BCUT2D eigenvalue weighted by Crippen LogP contribution is -2.42. The molecule has 0 unspecified atom stereocenters. The topological polar surface area (TPSA) is 88.0 Å². The van der Waals surface area contributed by atoms with E-state index in [2.05, 4.69) is 25.6 Å². The normalized spacial score (nSPS) is 17.1. The van der Waals surface area contributed by atoms with Crippen molar-refractivity contribution in [3.8, 4) is 11.3 Å². The number of aryl methyl sites for hydroxylation is 1. The second kappa shape index (κ2) is 9.68. The van der Waals surface area contributed by atoms with Crippen LogP contribution in [0, 0.1) is 24.0 Å². The van der Waals surface area contributed by atoms with Crippen molar-refractivity contribution in [2.75, 3.05) is 29.9 Å². The minimum Gasteiger partial charge on any atom is -0.342 e. The number of piperidine rings is 1. The summed E-state index contributed by atoms with van der Waals surface area (Å²) in [6, 6.07) is 8.55. The fourth-order valence-corrected chi connectivity index (χ4v) is 6.04. The lowest BCUT2D eigenvalue weighted by molar-refractivity contribution is -0.126. The van der Waals surface area contributed by atoms with Gasteiger partial charge in [-0.15, -0.1) is 0 Å². The minimum atomic E-state index is -0.652. The molecule has 0 bridgehead atoms. The van der Waals surface area contributed by atoms with Gasteiger partial charge in [0, 0.05) is 29.2 Å². The summed E-state index contributed by atoms with van der Waals surface area (Å²) >= 11 is 0.